The molecule has 0 bridgehead atoms. The van der Waals surface area contributed by atoms with Gasteiger partial charge in [-0.25, -0.2) is 14.6 Å². The maximum atomic E-state index is 13.4. The smallest absolute Gasteiger partial charge is 0.374 e. The molecule has 0 spiro atoms. The molecule has 3 aromatic rings. The number of anilines is 1. The third-order valence-corrected chi connectivity index (χ3v) is 7.13. The summed E-state index contributed by atoms with van der Waals surface area (Å²) in [4.78, 5) is 31.2. The van der Waals surface area contributed by atoms with Crippen LogP contribution in [-0.4, -0.2) is 35.0 Å². The normalized spacial score (nSPS) is 21.7. The van der Waals surface area contributed by atoms with E-state index in [2.05, 4.69) is 16.4 Å². The van der Waals surface area contributed by atoms with Crippen molar-refractivity contribution >= 4 is 34.8 Å². The molecule has 2 aliphatic rings. The molecular weight excluding hydrogens is 428 g/mol. The van der Waals surface area contributed by atoms with Crippen LogP contribution < -0.4 is 10.2 Å². The Bertz CT molecular complexity index is 1190. The highest BCUT2D eigenvalue weighted by Gasteiger charge is 2.46. The number of ether oxygens (including phenoxy) is 1. The Morgan fingerprint density at radius 2 is 2.06 bits per heavy atom. The number of hydrogen-bond acceptors (Lipinski definition) is 4. The predicted octanol–water partition coefficient (Wildman–Crippen LogP) is 4.78. The van der Waals surface area contributed by atoms with E-state index in [1.54, 1.807) is 21.7 Å². The Morgan fingerprint density at radius 1 is 1.25 bits per heavy atom. The molecule has 1 aliphatic carbocycles. The van der Waals surface area contributed by atoms with Crippen LogP contribution in [0.25, 0.3) is 5.52 Å². The Hall–Kier alpha value is -3.06. The molecule has 1 saturated heterocycles. The van der Waals surface area contributed by atoms with Gasteiger partial charge in [-0.15, -0.1) is 0 Å². The highest BCUT2D eigenvalue weighted by Crippen LogP contribution is 2.45. The van der Waals surface area contributed by atoms with Gasteiger partial charge in [-0.05, 0) is 55.0 Å². The van der Waals surface area contributed by atoms with Gasteiger partial charge >= 0.3 is 12.0 Å². The molecule has 0 radical (unpaired) electrons. The third kappa shape index (κ3) is 3.41. The Morgan fingerprint density at radius 3 is 2.78 bits per heavy atom. The lowest BCUT2D eigenvalue weighted by Gasteiger charge is -2.46. The van der Waals surface area contributed by atoms with Crippen LogP contribution in [0.5, 0.6) is 0 Å². The highest BCUT2D eigenvalue weighted by atomic mass is 35.5. The third-order valence-electron chi connectivity index (χ3n) is 6.89. The van der Waals surface area contributed by atoms with Gasteiger partial charge in [-0.2, -0.15) is 0 Å². The lowest BCUT2D eigenvalue weighted by Crippen LogP contribution is -2.61. The van der Waals surface area contributed by atoms with Gasteiger partial charge in [0.25, 0.3) is 0 Å². The van der Waals surface area contributed by atoms with Crippen LogP contribution in [0.2, 0.25) is 5.02 Å². The molecule has 1 atom stereocenters. The fraction of sp³-hybridized carbons (Fsp3) is 0.375. The zero-order valence-electron chi connectivity index (χ0n) is 17.9. The molecule has 5 rings (SSSR count). The molecule has 1 N–H and O–H groups in total. The molecule has 32 heavy (non-hydrogen) atoms. The summed E-state index contributed by atoms with van der Waals surface area (Å²) in [5, 5.41) is 4.06. The molecule has 7 nitrogen and oxygen atoms in total. The van der Waals surface area contributed by atoms with E-state index < -0.39 is 11.5 Å². The first-order chi connectivity index (χ1) is 15.5. The van der Waals surface area contributed by atoms with E-state index >= 15 is 0 Å². The minimum Gasteiger partial charge on any atom is -0.463 e. The van der Waals surface area contributed by atoms with Gasteiger partial charge in [0.1, 0.15) is 0 Å². The minimum absolute atomic E-state index is 0.125. The quantitative estimate of drug-likeness (QED) is 0.578. The van der Waals surface area contributed by atoms with E-state index in [1.807, 2.05) is 30.3 Å². The molecule has 166 valence electrons. The number of urea groups is 1. The molecule has 1 unspecified atom stereocenters. The SMILES string of the molecule is COC(=O)c1ncc2cc(N3CCC(c4cccc(Cl)c4)(C4CCCC4)NC3=O)ccn12. The van der Waals surface area contributed by atoms with Gasteiger partial charge < -0.3 is 10.1 Å². The minimum atomic E-state index is -0.503. The molecule has 1 saturated carbocycles. The Kier molecular flexibility index (Phi) is 5.29. The first-order valence-corrected chi connectivity index (χ1v) is 11.3. The van der Waals surface area contributed by atoms with Gasteiger partial charge in [0.05, 0.1) is 24.4 Å². The number of halogens is 1. The zero-order chi connectivity index (χ0) is 22.3. The fourth-order valence-corrected chi connectivity index (χ4v) is 5.49. The van der Waals surface area contributed by atoms with Crippen LogP contribution in [0, 0.1) is 5.92 Å². The number of amides is 2. The molecule has 2 fully saturated rings. The number of carbonyl (C=O) groups is 2. The summed E-state index contributed by atoms with van der Waals surface area (Å²) in [6.45, 7) is 0.586. The van der Waals surface area contributed by atoms with E-state index in [9.17, 15) is 9.59 Å². The summed E-state index contributed by atoms with van der Waals surface area (Å²) in [5.41, 5.74) is 2.16. The summed E-state index contributed by atoms with van der Waals surface area (Å²) >= 11 is 6.32. The first-order valence-electron chi connectivity index (χ1n) is 10.9. The van der Waals surface area contributed by atoms with Crippen molar-refractivity contribution < 1.29 is 14.3 Å². The number of aromatic nitrogens is 2. The number of rotatable bonds is 4. The van der Waals surface area contributed by atoms with Crippen molar-refractivity contribution in [2.24, 2.45) is 5.92 Å². The van der Waals surface area contributed by atoms with Crippen LogP contribution in [0.15, 0.2) is 48.8 Å². The standard InChI is InChI=1S/C24H25ClN4O3/c1-32-22(30)21-26-15-20-14-19(9-11-28(20)21)29-12-10-24(27-23(29)31,16-5-2-3-6-16)17-7-4-8-18(25)13-17/h4,7-9,11,13-16H,2-3,5-6,10,12H2,1H3,(H,27,31). The van der Waals surface area contributed by atoms with Crippen molar-refractivity contribution in [2.45, 2.75) is 37.6 Å². The van der Waals surface area contributed by atoms with E-state index in [4.69, 9.17) is 16.3 Å². The average molecular weight is 453 g/mol. The molecule has 2 amide bonds. The summed E-state index contributed by atoms with van der Waals surface area (Å²) in [6.07, 6.45) is 8.72. The maximum Gasteiger partial charge on any atom is 0.374 e. The number of fused-ring (bicyclic) bond motifs is 1. The summed E-state index contributed by atoms with van der Waals surface area (Å²) in [7, 11) is 1.33. The number of methoxy groups -OCH3 is 1. The van der Waals surface area contributed by atoms with E-state index in [0.717, 1.165) is 36.0 Å². The van der Waals surface area contributed by atoms with Gasteiger partial charge in [0.15, 0.2) is 0 Å². The Labute approximate surface area is 191 Å². The van der Waals surface area contributed by atoms with E-state index in [1.165, 1.54) is 20.0 Å². The van der Waals surface area contributed by atoms with Crippen molar-refractivity contribution in [1.82, 2.24) is 14.7 Å². The number of imidazole rings is 1. The number of benzene rings is 1. The topological polar surface area (TPSA) is 75.9 Å². The van der Waals surface area contributed by atoms with Gasteiger partial charge in [0, 0.05) is 23.5 Å². The van der Waals surface area contributed by atoms with Crippen molar-refractivity contribution in [3.63, 3.8) is 0 Å². The number of pyridine rings is 1. The molecular formula is C24H25ClN4O3. The number of nitrogens with one attached hydrogen (secondary N) is 1. The fourth-order valence-electron chi connectivity index (χ4n) is 5.30. The van der Waals surface area contributed by atoms with Crippen molar-refractivity contribution in [3.8, 4) is 0 Å². The van der Waals surface area contributed by atoms with E-state index in [0.29, 0.717) is 17.5 Å². The van der Waals surface area contributed by atoms with Gasteiger partial charge in [-0.1, -0.05) is 36.6 Å². The average Bonchev–Trinajstić information content (AvgIpc) is 3.48. The zero-order valence-corrected chi connectivity index (χ0v) is 18.6. The second kappa shape index (κ2) is 8.13. The monoisotopic (exact) mass is 452 g/mol. The molecule has 1 aromatic carbocycles. The number of carbonyl (C=O) groups excluding carboxylic acids is 2. The second-order valence-electron chi connectivity index (χ2n) is 8.55. The van der Waals surface area contributed by atoms with Crippen molar-refractivity contribution in [2.75, 3.05) is 18.6 Å². The second-order valence-corrected chi connectivity index (χ2v) is 8.98. The predicted molar refractivity (Wildman–Crippen MR) is 122 cm³/mol. The lowest BCUT2D eigenvalue weighted by atomic mass is 9.73. The molecule has 1 aliphatic heterocycles. The van der Waals surface area contributed by atoms with Crippen LogP contribution in [0.1, 0.15) is 48.3 Å². The summed E-state index contributed by atoms with van der Waals surface area (Å²) in [6, 6.07) is 11.5. The van der Waals surface area contributed by atoms with Crippen LogP contribution >= 0.6 is 11.6 Å². The Balaban J connectivity index is 1.46. The molecule has 2 aromatic heterocycles. The van der Waals surface area contributed by atoms with Crippen molar-refractivity contribution in [1.29, 1.82) is 0 Å². The highest BCUT2D eigenvalue weighted by molar-refractivity contribution is 6.30. The van der Waals surface area contributed by atoms with Crippen LogP contribution in [-0.2, 0) is 10.3 Å². The maximum absolute atomic E-state index is 13.4. The molecule has 8 heteroatoms. The largest absolute Gasteiger partial charge is 0.463 e. The molecule has 3 heterocycles. The van der Waals surface area contributed by atoms with Gasteiger partial charge in [-0.3, -0.25) is 9.30 Å². The first kappa shape index (κ1) is 20.8. The summed E-state index contributed by atoms with van der Waals surface area (Å²) in [5.74, 6) is 0.0988. The lowest BCUT2D eigenvalue weighted by molar-refractivity contribution is 0.0586. The number of esters is 1. The summed E-state index contributed by atoms with van der Waals surface area (Å²) < 4.78 is 6.44. The number of nitrogens with zero attached hydrogens (tertiary/aromatic N) is 3. The van der Waals surface area contributed by atoms with Crippen LogP contribution in [0.4, 0.5) is 10.5 Å². The van der Waals surface area contributed by atoms with Crippen molar-refractivity contribution in [3.05, 3.63) is 65.2 Å². The van der Waals surface area contributed by atoms with E-state index in [-0.39, 0.29) is 11.9 Å². The number of hydrogen-bond donors (Lipinski definition) is 1. The van der Waals surface area contributed by atoms with Crippen LogP contribution in [0.3, 0.4) is 0 Å². The van der Waals surface area contributed by atoms with Gasteiger partial charge in [0.2, 0.25) is 5.82 Å².